The number of hydrogen-bond acceptors (Lipinski definition) is 6. The third-order valence-corrected chi connectivity index (χ3v) is 5.54. The van der Waals surface area contributed by atoms with Crippen LogP contribution in [0, 0.1) is 29.6 Å². The van der Waals surface area contributed by atoms with Gasteiger partial charge in [-0.25, -0.2) is 4.98 Å². The fourth-order valence-corrected chi connectivity index (χ4v) is 3.81. The summed E-state index contributed by atoms with van der Waals surface area (Å²) in [6.45, 7) is 1.89. The van der Waals surface area contributed by atoms with E-state index in [-0.39, 0.29) is 33.4 Å². The molecule has 0 saturated carbocycles. The zero-order valence-electron chi connectivity index (χ0n) is 17.2. The van der Waals surface area contributed by atoms with E-state index in [9.17, 15) is 28.5 Å². The van der Waals surface area contributed by atoms with Crippen LogP contribution in [0.3, 0.4) is 0 Å². The highest BCUT2D eigenvalue weighted by atomic mass is 32.2. The monoisotopic (exact) mass is 467 g/mol. The summed E-state index contributed by atoms with van der Waals surface area (Å²) >= 11 is 0.897. The zero-order chi connectivity index (χ0) is 24.2. The summed E-state index contributed by atoms with van der Waals surface area (Å²) in [5, 5.41) is 21.9. The van der Waals surface area contributed by atoms with Crippen molar-refractivity contribution in [1.29, 1.82) is 10.5 Å². The Hall–Kier alpha value is -4.02. The minimum Gasteiger partial charge on any atom is -0.383 e. The Balaban J connectivity index is 1.87. The summed E-state index contributed by atoms with van der Waals surface area (Å²) in [6.07, 6.45) is -4.53. The number of aromatic nitrogens is 1. The number of nitrogens with zero attached hydrogens (tertiary/aromatic N) is 3. The molecule has 33 heavy (non-hydrogen) atoms. The van der Waals surface area contributed by atoms with Crippen molar-refractivity contribution >= 4 is 29.2 Å². The van der Waals surface area contributed by atoms with Crippen LogP contribution < -0.4 is 11.1 Å². The Morgan fingerprint density at radius 2 is 1.79 bits per heavy atom. The van der Waals surface area contributed by atoms with E-state index in [1.165, 1.54) is 12.1 Å². The van der Waals surface area contributed by atoms with Gasteiger partial charge in [-0.3, -0.25) is 4.79 Å². The number of halogens is 3. The highest BCUT2D eigenvalue weighted by molar-refractivity contribution is 8.00. The molecule has 2 aromatic carbocycles. The lowest BCUT2D eigenvalue weighted by Gasteiger charge is -2.13. The summed E-state index contributed by atoms with van der Waals surface area (Å²) < 4.78 is 38.6. The predicted octanol–water partition coefficient (Wildman–Crippen LogP) is 5.13. The number of amides is 1. The second kappa shape index (κ2) is 9.63. The van der Waals surface area contributed by atoms with E-state index >= 15 is 0 Å². The third kappa shape index (κ3) is 5.43. The fraction of sp³-hybridized carbons (Fsp3) is 0.130. The van der Waals surface area contributed by atoms with Crippen LogP contribution in [0.5, 0.6) is 0 Å². The molecule has 10 heteroatoms. The molecule has 1 aromatic heterocycles. The molecular weight excluding hydrogens is 451 g/mol. The normalized spacial score (nSPS) is 10.8. The fourth-order valence-electron chi connectivity index (χ4n) is 3.02. The van der Waals surface area contributed by atoms with Gasteiger partial charge >= 0.3 is 6.18 Å². The summed E-state index contributed by atoms with van der Waals surface area (Å²) in [4.78, 5) is 16.5. The first-order valence-electron chi connectivity index (χ1n) is 9.44. The summed E-state index contributed by atoms with van der Waals surface area (Å²) in [5.74, 6) is -0.922. The molecule has 3 N–H and O–H groups in total. The van der Waals surface area contributed by atoms with E-state index < -0.39 is 17.6 Å². The molecular formula is C23H16F3N5OS. The minimum atomic E-state index is -4.53. The molecule has 3 aromatic rings. The lowest BCUT2D eigenvalue weighted by Crippen LogP contribution is -2.15. The van der Waals surface area contributed by atoms with E-state index in [4.69, 9.17) is 5.73 Å². The molecule has 0 fully saturated rings. The van der Waals surface area contributed by atoms with Crippen LogP contribution in [0.15, 0.2) is 53.6 Å². The molecule has 0 aliphatic heterocycles. The average Bonchev–Trinajstić information content (AvgIpc) is 2.77. The van der Waals surface area contributed by atoms with E-state index in [0.717, 1.165) is 29.5 Å². The summed E-state index contributed by atoms with van der Waals surface area (Å²) in [5.41, 5.74) is 7.08. The molecule has 1 amide bonds. The van der Waals surface area contributed by atoms with Crippen molar-refractivity contribution < 1.29 is 18.0 Å². The van der Waals surface area contributed by atoms with Gasteiger partial charge in [0.05, 0.1) is 16.9 Å². The largest absolute Gasteiger partial charge is 0.416 e. The number of thioether (sulfide) groups is 1. The van der Waals surface area contributed by atoms with Crippen molar-refractivity contribution in [3.8, 4) is 23.3 Å². The van der Waals surface area contributed by atoms with Crippen LogP contribution in [-0.2, 0) is 11.0 Å². The minimum absolute atomic E-state index is 0.0106. The number of benzene rings is 2. The van der Waals surface area contributed by atoms with E-state index in [1.807, 2.05) is 31.2 Å². The van der Waals surface area contributed by atoms with Gasteiger partial charge in [-0.05, 0) is 30.7 Å². The molecule has 0 atom stereocenters. The quantitative estimate of drug-likeness (QED) is 0.503. The van der Waals surface area contributed by atoms with E-state index in [2.05, 4.69) is 10.3 Å². The molecule has 1 heterocycles. The number of nitriles is 2. The second-order valence-electron chi connectivity index (χ2n) is 6.93. The lowest BCUT2D eigenvalue weighted by atomic mass is 9.96. The van der Waals surface area contributed by atoms with Gasteiger partial charge in [0.1, 0.15) is 28.5 Å². The van der Waals surface area contributed by atoms with Gasteiger partial charge < -0.3 is 11.1 Å². The molecule has 0 bridgehead atoms. The van der Waals surface area contributed by atoms with Crippen LogP contribution in [0.25, 0.3) is 11.1 Å². The van der Waals surface area contributed by atoms with Crippen molar-refractivity contribution in [2.24, 2.45) is 0 Å². The molecule has 3 rings (SSSR count). The Bertz CT molecular complexity index is 1290. The van der Waals surface area contributed by atoms with Crippen LogP contribution in [0.2, 0.25) is 0 Å². The van der Waals surface area contributed by atoms with Gasteiger partial charge in [-0.15, -0.1) is 0 Å². The number of nitrogens with two attached hydrogens (primary N) is 1. The van der Waals surface area contributed by atoms with Gasteiger partial charge in [0.2, 0.25) is 5.91 Å². The van der Waals surface area contributed by atoms with Crippen LogP contribution >= 0.6 is 11.8 Å². The number of nitrogen functional groups attached to an aromatic ring is 1. The number of hydrogen-bond donors (Lipinski definition) is 2. The van der Waals surface area contributed by atoms with Crippen LogP contribution in [-0.4, -0.2) is 16.6 Å². The van der Waals surface area contributed by atoms with Crippen LogP contribution in [0.4, 0.5) is 24.7 Å². The van der Waals surface area contributed by atoms with Gasteiger partial charge in [-0.2, -0.15) is 23.7 Å². The number of rotatable bonds is 5. The summed E-state index contributed by atoms with van der Waals surface area (Å²) in [7, 11) is 0. The van der Waals surface area contributed by atoms with Gasteiger partial charge in [0.15, 0.2) is 0 Å². The predicted molar refractivity (Wildman–Crippen MR) is 119 cm³/mol. The number of alkyl halides is 3. The Kier molecular flexibility index (Phi) is 6.90. The van der Waals surface area contributed by atoms with E-state index in [0.29, 0.717) is 11.1 Å². The number of pyridine rings is 1. The topological polar surface area (TPSA) is 116 Å². The lowest BCUT2D eigenvalue weighted by molar-refractivity contribution is -0.137. The third-order valence-electron chi connectivity index (χ3n) is 4.57. The Labute approximate surface area is 191 Å². The van der Waals surface area contributed by atoms with Crippen molar-refractivity contribution in [2.45, 2.75) is 18.1 Å². The first-order chi connectivity index (χ1) is 15.6. The maximum Gasteiger partial charge on any atom is 0.416 e. The highest BCUT2D eigenvalue weighted by Gasteiger charge is 2.30. The Morgan fingerprint density at radius 1 is 1.12 bits per heavy atom. The number of carbonyl (C=O) groups excluding carboxylic acids is 1. The van der Waals surface area contributed by atoms with Gasteiger partial charge in [0, 0.05) is 11.3 Å². The molecule has 0 spiro atoms. The SMILES string of the molecule is Cc1ccc(-c2c(C#N)c(N)nc(SCC(=O)Nc3cccc(C(F)(F)F)c3)c2C#N)cc1. The maximum absolute atomic E-state index is 12.9. The van der Waals surface area contributed by atoms with Crippen molar-refractivity contribution in [3.05, 3.63) is 70.8 Å². The number of carbonyl (C=O) groups is 1. The highest BCUT2D eigenvalue weighted by Crippen LogP contribution is 2.36. The first-order valence-corrected chi connectivity index (χ1v) is 10.4. The molecule has 6 nitrogen and oxygen atoms in total. The van der Waals surface area contributed by atoms with Crippen molar-refractivity contribution in [3.63, 3.8) is 0 Å². The average molecular weight is 467 g/mol. The standard InChI is InChI=1S/C23H16F3N5OS/c1-13-5-7-14(8-6-13)20-17(10-27)21(29)31-22(18(20)11-28)33-12-19(32)30-16-4-2-3-15(9-16)23(24,25)26/h2-9H,12H2,1H3,(H2,29,31)(H,30,32). The molecule has 0 aliphatic rings. The molecule has 166 valence electrons. The molecule has 0 aliphatic carbocycles. The Morgan fingerprint density at radius 3 is 2.39 bits per heavy atom. The second-order valence-corrected chi connectivity index (χ2v) is 7.90. The molecule has 0 unspecified atom stereocenters. The van der Waals surface area contributed by atoms with Crippen molar-refractivity contribution in [2.75, 3.05) is 16.8 Å². The van der Waals surface area contributed by atoms with Gasteiger partial charge in [-0.1, -0.05) is 47.7 Å². The number of nitrogens with one attached hydrogen (secondary N) is 1. The smallest absolute Gasteiger partial charge is 0.383 e. The number of anilines is 2. The molecule has 0 saturated heterocycles. The maximum atomic E-state index is 12.9. The van der Waals surface area contributed by atoms with Gasteiger partial charge in [0.25, 0.3) is 0 Å². The van der Waals surface area contributed by atoms with Crippen molar-refractivity contribution in [1.82, 2.24) is 4.98 Å². The molecule has 0 radical (unpaired) electrons. The van der Waals surface area contributed by atoms with E-state index in [1.54, 1.807) is 12.1 Å². The summed E-state index contributed by atoms with van der Waals surface area (Å²) in [6, 6.07) is 15.4. The number of aryl methyl sites for hydroxylation is 1. The van der Waals surface area contributed by atoms with Crippen LogP contribution in [0.1, 0.15) is 22.3 Å². The zero-order valence-corrected chi connectivity index (χ0v) is 18.0. The first kappa shape index (κ1) is 23.6.